The van der Waals surface area contributed by atoms with Gasteiger partial charge in [-0.1, -0.05) is 18.2 Å². The fourth-order valence-electron chi connectivity index (χ4n) is 3.22. The summed E-state index contributed by atoms with van der Waals surface area (Å²) in [6, 6.07) is 7.28. The maximum Gasteiger partial charge on any atom is 0.255 e. The molecule has 1 aliphatic rings. The predicted molar refractivity (Wildman–Crippen MR) is 93.1 cm³/mol. The van der Waals surface area contributed by atoms with Gasteiger partial charge in [0.05, 0.1) is 22.6 Å². The topological polar surface area (TPSA) is 76.5 Å². The second kappa shape index (κ2) is 6.05. The van der Waals surface area contributed by atoms with Crippen molar-refractivity contribution in [1.82, 2.24) is 9.47 Å². The maximum atomic E-state index is 13.0. The van der Waals surface area contributed by atoms with Gasteiger partial charge in [-0.15, -0.1) is 0 Å². The quantitative estimate of drug-likeness (QED) is 0.773. The molecule has 0 radical (unpaired) electrons. The molecule has 128 valence electrons. The highest BCUT2D eigenvalue weighted by Gasteiger charge is 2.26. The molecular weight excluding hydrogens is 328 g/mol. The summed E-state index contributed by atoms with van der Waals surface area (Å²) in [5, 5.41) is 0.717. The van der Waals surface area contributed by atoms with E-state index in [1.54, 1.807) is 24.9 Å². The van der Waals surface area contributed by atoms with Gasteiger partial charge < -0.3 is 9.47 Å². The van der Waals surface area contributed by atoms with Crippen LogP contribution in [0.25, 0.3) is 10.9 Å². The number of aryl methyl sites for hydroxylation is 1. The van der Waals surface area contributed by atoms with Gasteiger partial charge in [-0.3, -0.25) is 9.59 Å². The first-order valence-electron chi connectivity index (χ1n) is 7.90. The van der Waals surface area contributed by atoms with Crippen LogP contribution >= 0.6 is 0 Å². The zero-order valence-electron chi connectivity index (χ0n) is 13.8. The van der Waals surface area contributed by atoms with Crippen LogP contribution in [0.15, 0.2) is 29.1 Å². The summed E-state index contributed by atoms with van der Waals surface area (Å²) in [7, 11) is -1.41. The molecule has 1 aliphatic heterocycles. The number of benzene rings is 1. The van der Waals surface area contributed by atoms with E-state index in [4.69, 9.17) is 0 Å². The molecule has 1 fully saturated rings. The van der Waals surface area contributed by atoms with Crippen molar-refractivity contribution in [2.75, 3.05) is 24.6 Å². The number of hydrogen-bond acceptors (Lipinski definition) is 4. The number of para-hydroxylation sites is 1. The van der Waals surface area contributed by atoms with Crippen molar-refractivity contribution >= 4 is 26.6 Å². The smallest absolute Gasteiger partial charge is 0.255 e. The van der Waals surface area contributed by atoms with Gasteiger partial charge in [0.2, 0.25) is 0 Å². The molecule has 0 aliphatic carbocycles. The molecule has 0 atom stereocenters. The molecule has 1 saturated heterocycles. The Labute approximate surface area is 140 Å². The SMILES string of the molecule is Cc1c(C(=O)N2CCCS(=O)(=O)CC2)c2ccccc2n(C)c1=O. The lowest BCUT2D eigenvalue weighted by molar-refractivity contribution is 0.0769. The number of aromatic nitrogens is 1. The van der Waals surface area contributed by atoms with Crippen LogP contribution in [0.1, 0.15) is 22.3 Å². The Morgan fingerprint density at radius 1 is 1.12 bits per heavy atom. The zero-order valence-corrected chi connectivity index (χ0v) is 14.6. The number of carbonyl (C=O) groups excluding carboxylic acids is 1. The number of nitrogens with zero attached hydrogens (tertiary/aromatic N) is 2. The number of carbonyl (C=O) groups is 1. The number of fused-ring (bicyclic) bond motifs is 1. The van der Waals surface area contributed by atoms with E-state index in [0.29, 0.717) is 35.0 Å². The van der Waals surface area contributed by atoms with E-state index in [9.17, 15) is 18.0 Å². The largest absolute Gasteiger partial charge is 0.338 e. The van der Waals surface area contributed by atoms with Gasteiger partial charge >= 0.3 is 0 Å². The summed E-state index contributed by atoms with van der Waals surface area (Å²) in [5.74, 6) is -0.188. The van der Waals surface area contributed by atoms with Crippen LogP contribution in [0, 0.1) is 6.92 Å². The molecule has 24 heavy (non-hydrogen) atoms. The third kappa shape index (κ3) is 2.84. The van der Waals surface area contributed by atoms with Crippen molar-refractivity contribution in [3.63, 3.8) is 0 Å². The monoisotopic (exact) mass is 348 g/mol. The van der Waals surface area contributed by atoms with Crippen LogP contribution in [-0.4, -0.2) is 48.4 Å². The van der Waals surface area contributed by atoms with E-state index >= 15 is 0 Å². The van der Waals surface area contributed by atoms with Crippen LogP contribution in [0.2, 0.25) is 0 Å². The highest BCUT2D eigenvalue weighted by Crippen LogP contribution is 2.22. The van der Waals surface area contributed by atoms with E-state index < -0.39 is 9.84 Å². The summed E-state index contributed by atoms with van der Waals surface area (Å²) in [6.07, 6.45) is 0.426. The van der Waals surface area contributed by atoms with Crippen LogP contribution in [0.3, 0.4) is 0 Å². The molecule has 0 spiro atoms. The highest BCUT2D eigenvalue weighted by molar-refractivity contribution is 7.91. The van der Waals surface area contributed by atoms with E-state index in [1.165, 1.54) is 4.57 Å². The Balaban J connectivity index is 2.12. The molecule has 2 heterocycles. The Bertz CT molecular complexity index is 976. The second-order valence-corrected chi connectivity index (χ2v) is 8.48. The van der Waals surface area contributed by atoms with Crippen molar-refractivity contribution in [2.24, 2.45) is 7.05 Å². The van der Waals surface area contributed by atoms with Crippen molar-refractivity contribution in [3.05, 3.63) is 45.7 Å². The van der Waals surface area contributed by atoms with Gasteiger partial charge in [0.1, 0.15) is 0 Å². The Morgan fingerprint density at radius 3 is 2.58 bits per heavy atom. The predicted octanol–water partition coefficient (Wildman–Crippen LogP) is 1.11. The molecule has 1 amide bonds. The van der Waals surface area contributed by atoms with Gasteiger partial charge in [0, 0.05) is 31.1 Å². The van der Waals surface area contributed by atoms with Crippen LogP contribution in [0.4, 0.5) is 0 Å². The summed E-state index contributed by atoms with van der Waals surface area (Å²) < 4.78 is 25.1. The maximum absolute atomic E-state index is 13.0. The van der Waals surface area contributed by atoms with Gasteiger partial charge in [-0.05, 0) is 19.4 Å². The Morgan fingerprint density at radius 2 is 1.83 bits per heavy atom. The second-order valence-electron chi connectivity index (χ2n) is 6.18. The molecule has 2 aromatic rings. The van der Waals surface area contributed by atoms with E-state index in [0.717, 1.165) is 0 Å². The number of sulfone groups is 1. The minimum absolute atomic E-state index is 0.0272. The average molecular weight is 348 g/mol. The minimum atomic E-state index is -3.10. The van der Waals surface area contributed by atoms with Gasteiger partial charge in [-0.25, -0.2) is 8.42 Å². The zero-order chi connectivity index (χ0) is 17.5. The molecule has 1 aromatic carbocycles. The van der Waals surface area contributed by atoms with E-state index in [1.807, 2.05) is 18.2 Å². The first-order valence-corrected chi connectivity index (χ1v) is 9.72. The lowest BCUT2D eigenvalue weighted by Gasteiger charge is -2.22. The number of hydrogen-bond donors (Lipinski definition) is 0. The molecular formula is C17H20N2O4S. The Hall–Kier alpha value is -2.15. The molecule has 0 N–H and O–H groups in total. The normalized spacial score (nSPS) is 17.7. The third-order valence-corrected chi connectivity index (χ3v) is 6.31. The number of amides is 1. The standard InChI is InChI=1S/C17H20N2O4S/c1-12-15(13-6-3-4-7-14(13)18(2)16(12)20)17(21)19-8-5-10-24(22,23)11-9-19/h3-4,6-7H,5,8-11H2,1-2H3. The molecule has 1 aromatic heterocycles. The van der Waals surface area contributed by atoms with Crippen LogP contribution in [-0.2, 0) is 16.9 Å². The summed E-state index contributed by atoms with van der Waals surface area (Å²) >= 11 is 0. The first kappa shape index (κ1) is 16.7. The first-order chi connectivity index (χ1) is 11.3. The van der Waals surface area contributed by atoms with Crippen molar-refractivity contribution in [1.29, 1.82) is 0 Å². The fourth-order valence-corrected chi connectivity index (χ4v) is 4.49. The van der Waals surface area contributed by atoms with Gasteiger partial charge in [-0.2, -0.15) is 0 Å². The van der Waals surface area contributed by atoms with Crippen LogP contribution < -0.4 is 5.56 Å². The molecule has 7 heteroatoms. The molecule has 0 saturated carbocycles. The molecule has 0 bridgehead atoms. The average Bonchev–Trinajstić information content (AvgIpc) is 2.73. The minimum Gasteiger partial charge on any atom is -0.338 e. The number of rotatable bonds is 1. The van der Waals surface area contributed by atoms with Crippen molar-refractivity contribution in [2.45, 2.75) is 13.3 Å². The van der Waals surface area contributed by atoms with Crippen molar-refractivity contribution < 1.29 is 13.2 Å². The molecule has 6 nitrogen and oxygen atoms in total. The van der Waals surface area contributed by atoms with E-state index in [2.05, 4.69) is 0 Å². The summed E-state index contributed by atoms with van der Waals surface area (Å²) in [4.78, 5) is 27.1. The van der Waals surface area contributed by atoms with Crippen LogP contribution in [0.5, 0.6) is 0 Å². The summed E-state index contributed by atoms with van der Waals surface area (Å²) in [5.41, 5.74) is 1.26. The fraction of sp³-hybridized carbons (Fsp3) is 0.412. The van der Waals surface area contributed by atoms with E-state index in [-0.39, 0.29) is 29.5 Å². The highest BCUT2D eigenvalue weighted by atomic mass is 32.2. The van der Waals surface area contributed by atoms with Gasteiger partial charge in [0.15, 0.2) is 9.84 Å². The summed E-state index contributed by atoms with van der Waals surface area (Å²) in [6.45, 7) is 2.21. The van der Waals surface area contributed by atoms with Crippen molar-refractivity contribution in [3.8, 4) is 0 Å². The lowest BCUT2D eigenvalue weighted by atomic mass is 10.0. The number of pyridine rings is 1. The Kier molecular flexibility index (Phi) is 4.21. The molecule has 0 unspecified atom stereocenters. The van der Waals surface area contributed by atoms with Gasteiger partial charge in [0.25, 0.3) is 11.5 Å². The molecule has 3 rings (SSSR count). The lowest BCUT2D eigenvalue weighted by Crippen LogP contribution is -2.36. The third-order valence-electron chi connectivity index (χ3n) is 4.59.